The zero-order chi connectivity index (χ0) is 25.8. The van der Waals surface area contributed by atoms with Gasteiger partial charge in [-0.05, 0) is 50.2 Å². The SMILES string of the molecule is CN1C(=O)C(C)(C)S(=O)(=O)c2ccc(Nc3nc(Nc4cccc(S(N)(=O)=O)c4)ncc3F)cc21. The van der Waals surface area contributed by atoms with E-state index < -0.39 is 36.3 Å². The third-order valence-electron chi connectivity index (χ3n) is 5.53. The van der Waals surface area contributed by atoms with Gasteiger partial charge in [-0.3, -0.25) is 4.79 Å². The summed E-state index contributed by atoms with van der Waals surface area (Å²) in [5.41, 5.74) is 0.723. The number of amides is 1. The van der Waals surface area contributed by atoms with Crippen molar-refractivity contribution in [3.63, 3.8) is 0 Å². The fourth-order valence-corrected chi connectivity index (χ4v) is 5.71. The minimum Gasteiger partial charge on any atom is -0.338 e. The van der Waals surface area contributed by atoms with E-state index in [9.17, 15) is 26.0 Å². The van der Waals surface area contributed by atoms with Gasteiger partial charge in [-0.25, -0.2) is 31.3 Å². The number of nitrogens with zero attached hydrogens (tertiary/aromatic N) is 3. The number of primary sulfonamides is 1. The van der Waals surface area contributed by atoms with Gasteiger partial charge in [-0.1, -0.05) is 6.07 Å². The molecule has 4 N–H and O–H groups in total. The summed E-state index contributed by atoms with van der Waals surface area (Å²) in [6.45, 7) is 2.69. The minimum absolute atomic E-state index is 0.0181. The second-order valence-electron chi connectivity index (χ2n) is 8.27. The number of hydrogen-bond acceptors (Lipinski definition) is 9. The number of nitrogens with one attached hydrogen (secondary N) is 2. The van der Waals surface area contributed by atoms with Crippen molar-refractivity contribution >= 4 is 54.6 Å². The summed E-state index contributed by atoms with van der Waals surface area (Å²) >= 11 is 0. The first-order valence-electron chi connectivity index (χ1n) is 10.1. The number of nitrogens with two attached hydrogens (primary N) is 1. The highest BCUT2D eigenvalue weighted by atomic mass is 32.2. The second-order valence-corrected chi connectivity index (χ2v) is 12.3. The number of fused-ring (bicyclic) bond motifs is 1. The Labute approximate surface area is 201 Å². The van der Waals surface area contributed by atoms with E-state index in [0.717, 1.165) is 6.20 Å². The van der Waals surface area contributed by atoms with Gasteiger partial charge in [0.1, 0.15) is 4.75 Å². The molecular weight excluding hydrogens is 499 g/mol. The lowest BCUT2D eigenvalue weighted by Gasteiger charge is -2.36. The average molecular weight is 521 g/mol. The van der Waals surface area contributed by atoms with E-state index in [4.69, 9.17) is 5.14 Å². The van der Waals surface area contributed by atoms with Crippen LogP contribution in [0.4, 0.5) is 33.2 Å². The summed E-state index contributed by atoms with van der Waals surface area (Å²) in [5.74, 6) is -1.68. The van der Waals surface area contributed by atoms with Crippen LogP contribution in [0.2, 0.25) is 0 Å². The van der Waals surface area contributed by atoms with Crippen molar-refractivity contribution in [2.75, 3.05) is 22.6 Å². The molecule has 4 rings (SSSR count). The van der Waals surface area contributed by atoms with Crippen LogP contribution in [-0.2, 0) is 24.7 Å². The summed E-state index contributed by atoms with van der Waals surface area (Å²) in [7, 11) is -6.40. The molecule has 35 heavy (non-hydrogen) atoms. The van der Waals surface area contributed by atoms with Gasteiger partial charge in [0.25, 0.3) is 0 Å². The highest BCUT2D eigenvalue weighted by Crippen LogP contribution is 2.41. The molecule has 1 aliphatic heterocycles. The zero-order valence-corrected chi connectivity index (χ0v) is 20.4. The fourth-order valence-electron chi connectivity index (χ4n) is 3.52. The van der Waals surface area contributed by atoms with Gasteiger partial charge in [-0.2, -0.15) is 4.98 Å². The Morgan fingerprint density at radius 1 is 1.09 bits per heavy atom. The summed E-state index contributed by atoms with van der Waals surface area (Å²) in [5, 5.41) is 10.7. The number of aromatic nitrogens is 2. The molecule has 11 nitrogen and oxygen atoms in total. The van der Waals surface area contributed by atoms with Crippen LogP contribution in [-0.4, -0.2) is 44.5 Å². The maximum absolute atomic E-state index is 14.4. The molecule has 0 unspecified atom stereocenters. The van der Waals surface area contributed by atoms with Crippen LogP contribution in [0.5, 0.6) is 0 Å². The van der Waals surface area contributed by atoms with Crippen molar-refractivity contribution < 1.29 is 26.0 Å². The molecule has 0 bridgehead atoms. The summed E-state index contributed by atoms with van der Waals surface area (Å²) < 4.78 is 61.8. The number of sulfonamides is 1. The third kappa shape index (κ3) is 4.31. The van der Waals surface area contributed by atoms with Gasteiger partial charge in [0.15, 0.2) is 21.5 Å². The Morgan fingerprint density at radius 2 is 1.77 bits per heavy atom. The van der Waals surface area contributed by atoms with Gasteiger partial charge in [0.05, 0.1) is 21.7 Å². The first-order chi connectivity index (χ1) is 16.2. The summed E-state index contributed by atoms with van der Waals surface area (Å²) in [6, 6.07) is 9.78. The lowest BCUT2D eigenvalue weighted by molar-refractivity contribution is -0.120. The molecule has 0 spiro atoms. The minimum atomic E-state index is -3.94. The molecular formula is C21H21FN6O5S2. The molecule has 0 aliphatic carbocycles. The van der Waals surface area contributed by atoms with E-state index in [1.54, 1.807) is 6.07 Å². The molecule has 3 aromatic rings. The van der Waals surface area contributed by atoms with Crippen molar-refractivity contribution in [2.45, 2.75) is 28.4 Å². The van der Waals surface area contributed by atoms with Crippen molar-refractivity contribution in [3.05, 3.63) is 54.5 Å². The van der Waals surface area contributed by atoms with Crippen LogP contribution >= 0.6 is 0 Å². The van der Waals surface area contributed by atoms with Gasteiger partial charge < -0.3 is 15.5 Å². The molecule has 14 heteroatoms. The Bertz CT molecular complexity index is 1570. The number of sulfone groups is 1. The number of anilines is 5. The quantitative estimate of drug-likeness (QED) is 0.458. The number of halogens is 1. The number of benzene rings is 2. The van der Waals surface area contributed by atoms with E-state index in [2.05, 4.69) is 20.6 Å². The summed E-state index contributed by atoms with van der Waals surface area (Å²) in [4.78, 5) is 21.6. The molecule has 1 aliphatic rings. The molecule has 0 saturated heterocycles. The normalized spacial score (nSPS) is 16.5. The number of rotatable bonds is 5. The van der Waals surface area contributed by atoms with Gasteiger partial charge >= 0.3 is 0 Å². The molecule has 0 fully saturated rings. The van der Waals surface area contributed by atoms with Crippen LogP contribution < -0.4 is 20.7 Å². The highest BCUT2D eigenvalue weighted by Gasteiger charge is 2.50. The smallest absolute Gasteiger partial charge is 0.248 e. The monoisotopic (exact) mass is 520 g/mol. The van der Waals surface area contributed by atoms with E-state index in [1.807, 2.05) is 0 Å². The second kappa shape index (κ2) is 8.25. The topological polar surface area (TPSA) is 164 Å². The van der Waals surface area contributed by atoms with Crippen molar-refractivity contribution in [1.29, 1.82) is 0 Å². The zero-order valence-electron chi connectivity index (χ0n) is 18.8. The van der Waals surface area contributed by atoms with Crippen LogP contribution in [0.25, 0.3) is 0 Å². The van der Waals surface area contributed by atoms with Gasteiger partial charge in [0.2, 0.25) is 21.9 Å². The van der Waals surface area contributed by atoms with E-state index in [-0.39, 0.29) is 32.9 Å². The van der Waals surface area contributed by atoms with Crippen molar-refractivity contribution in [2.24, 2.45) is 5.14 Å². The molecule has 2 aromatic carbocycles. The maximum atomic E-state index is 14.4. The number of carbonyl (C=O) groups is 1. The van der Waals surface area contributed by atoms with Gasteiger partial charge in [0, 0.05) is 18.4 Å². The first-order valence-corrected chi connectivity index (χ1v) is 13.1. The Kier molecular flexibility index (Phi) is 5.78. The Morgan fingerprint density at radius 3 is 2.46 bits per heavy atom. The molecule has 184 valence electrons. The van der Waals surface area contributed by atoms with Crippen LogP contribution in [0, 0.1) is 5.82 Å². The molecule has 1 aromatic heterocycles. The predicted molar refractivity (Wildman–Crippen MR) is 127 cm³/mol. The summed E-state index contributed by atoms with van der Waals surface area (Å²) in [6.07, 6.45) is 0.905. The highest BCUT2D eigenvalue weighted by molar-refractivity contribution is 7.94. The average Bonchev–Trinajstić information content (AvgIpc) is 2.79. The molecule has 0 atom stereocenters. The predicted octanol–water partition coefficient (Wildman–Crippen LogP) is 2.28. The lowest BCUT2D eigenvalue weighted by Crippen LogP contribution is -2.52. The van der Waals surface area contributed by atoms with Gasteiger partial charge in [-0.15, -0.1) is 0 Å². The Hall–Kier alpha value is -3.62. The first kappa shape index (κ1) is 24.5. The van der Waals surface area contributed by atoms with Crippen molar-refractivity contribution in [1.82, 2.24) is 9.97 Å². The standard InChI is InChI=1S/C21H21FN6O5S2/c1-21(2)19(29)28(3)16-10-13(7-8-17(16)34(21,30)31)25-18-15(22)11-24-20(27-18)26-12-5-4-6-14(9-12)35(23,32)33/h4-11H,1-3H3,(H2,23,32,33)(H2,24,25,26,27). The lowest BCUT2D eigenvalue weighted by atomic mass is 10.1. The maximum Gasteiger partial charge on any atom is 0.248 e. The number of carbonyl (C=O) groups excluding carboxylic acids is 1. The van der Waals surface area contributed by atoms with Crippen LogP contribution in [0.1, 0.15) is 13.8 Å². The number of hydrogen-bond donors (Lipinski definition) is 3. The largest absolute Gasteiger partial charge is 0.338 e. The molecule has 0 radical (unpaired) electrons. The Balaban J connectivity index is 1.65. The van der Waals surface area contributed by atoms with Crippen LogP contribution in [0.15, 0.2) is 58.5 Å². The molecule has 0 saturated carbocycles. The molecule has 2 heterocycles. The molecule has 1 amide bonds. The fraction of sp³-hybridized carbons (Fsp3) is 0.190. The van der Waals surface area contributed by atoms with Crippen molar-refractivity contribution in [3.8, 4) is 0 Å². The van der Waals surface area contributed by atoms with E-state index in [1.165, 1.54) is 62.2 Å². The third-order valence-corrected chi connectivity index (χ3v) is 8.88. The van der Waals surface area contributed by atoms with E-state index in [0.29, 0.717) is 5.69 Å². The van der Waals surface area contributed by atoms with Crippen LogP contribution in [0.3, 0.4) is 0 Å². The van der Waals surface area contributed by atoms with E-state index >= 15 is 0 Å².